The van der Waals surface area contributed by atoms with Crippen LogP contribution in [0.25, 0.3) is 0 Å². The van der Waals surface area contributed by atoms with E-state index in [9.17, 15) is 4.79 Å². The summed E-state index contributed by atoms with van der Waals surface area (Å²) in [6, 6.07) is 8.30. The van der Waals surface area contributed by atoms with Gasteiger partial charge in [-0.05, 0) is 29.5 Å². The molecule has 0 radical (unpaired) electrons. The van der Waals surface area contributed by atoms with Crippen LogP contribution in [0.5, 0.6) is 0 Å². The first-order chi connectivity index (χ1) is 9.72. The minimum atomic E-state index is -0.0402. The molecule has 4 nitrogen and oxygen atoms in total. The van der Waals surface area contributed by atoms with Crippen LogP contribution < -0.4 is 5.32 Å². The first-order valence-electron chi connectivity index (χ1n) is 7.03. The Morgan fingerprint density at radius 3 is 2.95 bits per heavy atom. The summed E-state index contributed by atoms with van der Waals surface area (Å²) in [7, 11) is 1.89. The van der Waals surface area contributed by atoms with Crippen molar-refractivity contribution in [3.63, 3.8) is 0 Å². The van der Waals surface area contributed by atoms with Gasteiger partial charge < -0.3 is 5.32 Å². The Kier molecular flexibility index (Phi) is 3.65. The Hall–Kier alpha value is -1.94. The molecule has 0 bridgehead atoms. The Morgan fingerprint density at radius 1 is 1.40 bits per heavy atom. The molecule has 0 saturated carbocycles. The molecule has 3 rings (SSSR count). The lowest BCUT2D eigenvalue weighted by Gasteiger charge is -2.25. The van der Waals surface area contributed by atoms with Gasteiger partial charge in [0.05, 0.1) is 12.2 Å². The summed E-state index contributed by atoms with van der Waals surface area (Å²) in [4.78, 5) is 12.3. The molecule has 1 aromatic heterocycles. The fourth-order valence-electron chi connectivity index (χ4n) is 2.72. The van der Waals surface area contributed by atoms with Crippen LogP contribution in [0, 0.1) is 0 Å². The van der Waals surface area contributed by atoms with Gasteiger partial charge in [-0.2, -0.15) is 5.10 Å². The van der Waals surface area contributed by atoms with Crippen LogP contribution in [-0.2, 0) is 31.2 Å². The van der Waals surface area contributed by atoms with Crippen molar-refractivity contribution >= 4 is 5.78 Å². The zero-order valence-electron chi connectivity index (χ0n) is 11.7. The number of hydrogen-bond donors (Lipinski definition) is 1. The third-order valence-electron chi connectivity index (χ3n) is 3.89. The number of aromatic nitrogens is 2. The highest BCUT2D eigenvalue weighted by molar-refractivity contribution is 5.84. The SMILES string of the molecule is Cn1cc(CCC(=O)C2Cc3ccccc3CN2)cn1. The molecule has 1 aliphatic heterocycles. The Morgan fingerprint density at radius 2 is 2.20 bits per heavy atom. The second-order valence-corrected chi connectivity index (χ2v) is 5.39. The van der Waals surface area contributed by atoms with Crippen molar-refractivity contribution in [1.82, 2.24) is 15.1 Å². The van der Waals surface area contributed by atoms with E-state index in [2.05, 4.69) is 22.5 Å². The van der Waals surface area contributed by atoms with E-state index in [0.29, 0.717) is 12.2 Å². The van der Waals surface area contributed by atoms with E-state index in [1.807, 2.05) is 31.6 Å². The average molecular weight is 269 g/mol. The van der Waals surface area contributed by atoms with Crippen LogP contribution in [0.4, 0.5) is 0 Å². The molecule has 1 aromatic carbocycles. The maximum atomic E-state index is 12.3. The van der Waals surface area contributed by atoms with Crippen molar-refractivity contribution in [2.75, 3.05) is 0 Å². The summed E-state index contributed by atoms with van der Waals surface area (Å²) in [5, 5.41) is 7.47. The summed E-state index contributed by atoms with van der Waals surface area (Å²) in [6.45, 7) is 0.791. The van der Waals surface area contributed by atoms with Crippen LogP contribution in [-0.4, -0.2) is 21.6 Å². The molecule has 1 atom stereocenters. The number of fused-ring (bicyclic) bond motifs is 1. The number of carbonyl (C=O) groups excluding carboxylic acids is 1. The average Bonchev–Trinajstić information content (AvgIpc) is 2.90. The predicted molar refractivity (Wildman–Crippen MR) is 77.3 cm³/mol. The standard InChI is InChI=1S/C16H19N3O/c1-19-11-12(9-18-19)6-7-16(20)15-8-13-4-2-3-5-14(13)10-17-15/h2-5,9,11,15,17H,6-8,10H2,1H3. The van der Waals surface area contributed by atoms with E-state index in [-0.39, 0.29) is 6.04 Å². The highest BCUT2D eigenvalue weighted by Crippen LogP contribution is 2.17. The molecule has 104 valence electrons. The molecule has 0 saturated heterocycles. The van der Waals surface area contributed by atoms with E-state index in [1.165, 1.54) is 11.1 Å². The highest BCUT2D eigenvalue weighted by atomic mass is 16.1. The van der Waals surface area contributed by atoms with Gasteiger partial charge in [-0.3, -0.25) is 9.48 Å². The van der Waals surface area contributed by atoms with E-state index < -0.39 is 0 Å². The summed E-state index contributed by atoms with van der Waals surface area (Å²) < 4.78 is 1.77. The van der Waals surface area contributed by atoms with Crippen molar-refractivity contribution in [3.8, 4) is 0 Å². The fraction of sp³-hybridized carbons (Fsp3) is 0.375. The van der Waals surface area contributed by atoms with Crippen LogP contribution in [0.3, 0.4) is 0 Å². The number of benzene rings is 1. The minimum Gasteiger partial charge on any atom is -0.303 e. The summed E-state index contributed by atoms with van der Waals surface area (Å²) in [5.41, 5.74) is 3.73. The number of rotatable bonds is 4. The third-order valence-corrected chi connectivity index (χ3v) is 3.89. The largest absolute Gasteiger partial charge is 0.303 e. The number of nitrogens with zero attached hydrogens (tertiary/aromatic N) is 2. The molecule has 0 amide bonds. The minimum absolute atomic E-state index is 0.0402. The van der Waals surface area contributed by atoms with Crippen molar-refractivity contribution in [2.45, 2.75) is 31.8 Å². The molecule has 1 unspecified atom stereocenters. The normalized spacial score (nSPS) is 17.8. The van der Waals surface area contributed by atoms with Gasteiger partial charge >= 0.3 is 0 Å². The smallest absolute Gasteiger partial charge is 0.150 e. The molecule has 0 aliphatic carbocycles. The van der Waals surface area contributed by atoms with Gasteiger partial charge in [-0.15, -0.1) is 0 Å². The number of ketones is 1. The zero-order chi connectivity index (χ0) is 13.9. The molecule has 0 fully saturated rings. The summed E-state index contributed by atoms with van der Waals surface area (Å²) in [6.07, 6.45) is 5.95. The molecule has 20 heavy (non-hydrogen) atoms. The monoisotopic (exact) mass is 269 g/mol. The number of nitrogens with one attached hydrogen (secondary N) is 1. The van der Waals surface area contributed by atoms with Gasteiger partial charge in [-0.1, -0.05) is 24.3 Å². The topological polar surface area (TPSA) is 46.9 Å². The molecule has 1 N–H and O–H groups in total. The number of Topliss-reactive ketones (excluding diaryl/α,β-unsaturated/α-hetero) is 1. The lowest BCUT2D eigenvalue weighted by Crippen LogP contribution is -2.41. The zero-order valence-corrected chi connectivity index (χ0v) is 11.7. The summed E-state index contributed by atoms with van der Waals surface area (Å²) >= 11 is 0. The lowest BCUT2D eigenvalue weighted by atomic mass is 9.92. The van der Waals surface area contributed by atoms with Gasteiger partial charge in [0.2, 0.25) is 0 Å². The molecule has 1 aliphatic rings. The van der Waals surface area contributed by atoms with Crippen molar-refractivity contribution in [3.05, 3.63) is 53.3 Å². The lowest BCUT2D eigenvalue weighted by molar-refractivity contribution is -0.121. The number of carbonyl (C=O) groups is 1. The van der Waals surface area contributed by atoms with Gasteiger partial charge in [-0.25, -0.2) is 0 Å². The Balaban J connectivity index is 1.59. The summed E-state index contributed by atoms with van der Waals surface area (Å²) in [5.74, 6) is 0.295. The quantitative estimate of drug-likeness (QED) is 0.918. The van der Waals surface area contributed by atoms with Crippen LogP contribution in [0.1, 0.15) is 23.1 Å². The Bertz CT molecular complexity index is 618. The number of hydrogen-bond acceptors (Lipinski definition) is 3. The highest BCUT2D eigenvalue weighted by Gasteiger charge is 2.23. The maximum absolute atomic E-state index is 12.3. The van der Waals surface area contributed by atoms with Gasteiger partial charge in [0, 0.05) is 26.2 Å². The third kappa shape index (κ3) is 2.80. The van der Waals surface area contributed by atoms with Crippen molar-refractivity contribution in [2.24, 2.45) is 7.05 Å². The van der Waals surface area contributed by atoms with Crippen LogP contribution >= 0.6 is 0 Å². The van der Waals surface area contributed by atoms with E-state index in [4.69, 9.17) is 0 Å². The van der Waals surface area contributed by atoms with Gasteiger partial charge in [0.1, 0.15) is 5.78 Å². The first kappa shape index (κ1) is 13.1. The molecule has 4 heteroatoms. The van der Waals surface area contributed by atoms with Crippen molar-refractivity contribution in [1.29, 1.82) is 0 Å². The van der Waals surface area contributed by atoms with E-state index in [0.717, 1.165) is 24.9 Å². The molecule has 2 heterocycles. The second-order valence-electron chi connectivity index (χ2n) is 5.39. The van der Waals surface area contributed by atoms with E-state index >= 15 is 0 Å². The fourth-order valence-corrected chi connectivity index (χ4v) is 2.72. The van der Waals surface area contributed by atoms with Crippen LogP contribution in [0.15, 0.2) is 36.7 Å². The van der Waals surface area contributed by atoms with Gasteiger partial charge in [0.15, 0.2) is 0 Å². The first-order valence-corrected chi connectivity index (χ1v) is 7.03. The molecular weight excluding hydrogens is 250 g/mol. The van der Waals surface area contributed by atoms with Gasteiger partial charge in [0.25, 0.3) is 0 Å². The van der Waals surface area contributed by atoms with Crippen LogP contribution in [0.2, 0.25) is 0 Å². The maximum Gasteiger partial charge on any atom is 0.150 e. The van der Waals surface area contributed by atoms with Crippen molar-refractivity contribution < 1.29 is 4.79 Å². The predicted octanol–water partition coefficient (Wildman–Crippen LogP) is 1.64. The molecular formula is C16H19N3O. The molecule has 0 spiro atoms. The number of aryl methyl sites for hydroxylation is 2. The van der Waals surface area contributed by atoms with E-state index in [1.54, 1.807) is 4.68 Å². The Labute approximate surface area is 118 Å². The second kappa shape index (κ2) is 5.59. The molecule has 2 aromatic rings.